The lowest BCUT2D eigenvalue weighted by molar-refractivity contribution is -0.155. The van der Waals surface area contributed by atoms with Crippen LogP contribution in [0.2, 0.25) is 5.02 Å². The fraction of sp³-hybridized carbons (Fsp3) is 0.536. The van der Waals surface area contributed by atoms with E-state index in [1.807, 2.05) is 30.9 Å². The first-order valence-electron chi connectivity index (χ1n) is 12.4. The Kier molecular flexibility index (Phi) is 9.53. The lowest BCUT2D eigenvalue weighted by Crippen LogP contribution is -2.40. The van der Waals surface area contributed by atoms with Gasteiger partial charge >= 0.3 is 12.1 Å². The first kappa shape index (κ1) is 29.3. The minimum Gasteiger partial charge on any atom is -0.489 e. The van der Waals surface area contributed by atoms with Crippen LogP contribution in [0.3, 0.4) is 0 Å². The number of morpholine rings is 1. The molecule has 0 aromatic heterocycles. The van der Waals surface area contributed by atoms with Crippen LogP contribution in [0.5, 0.6) is 5.75 Å². The third-order valence-corrected chi connectivity index (χ3v) is 6.39. The van der Waals surface area contributed by atoms with Gasteiger partial charge < -0.3 is 14.2 Å². The molecule has 0 saturated carbocycles. The quantitative estimate of drug-likeness (QED) is 0.332. The Labute approximate surface area is 221 Å². The van der Waals surface area contributed by atoms with E-state index in [4.69, 9.17) is 25.8 Å². The van der Waals surface area contributed by atoms with Crippen LogP contribution >= 0.6 is 11.6 Å². The van der Waals surface area contributed by atoms with Gasteiger partial charge in [0.25, 0.3) is 0 Å². The molecule has 5 nitrogen and oxygen atoms in total. The van der Waals surface area contributed by atoms with E-state index in [1.165, 1.54) is 12.1 Å². The monoisotopic (exact) mass is 541 g/mol. The molecule has 2 aromatic rings. The van der Waals surface area contributed by atoms with Gasteiger partial charge in [-0.05, 0) is 56.0 Å². The molecule has 204 valence electrons. The predicted octanol–water partition coefficient (Wildman–Crippen LogP) is 7.17. The van der Waals surface area contributed by atoms with Crippen LogP contribution in [0.1, 0.15) is 75.3 Å². The number of hydrogen-bond donors (Lipinski definition) is 0. The van der Waals surface area contributed by atoms with Gasteiger partial charge in [-0.25, -0.2) is 0 Å². The Morgan fingerprint density at radius 1 is 1.19 bits per heavy atom. The van der Waals surface area contributed by atoms with E-state index in [2.05, 4.69) is 0 Å². The van der Waals surface area contributed by atoms with Crippen molar-refractivity contribution in [2.24, 2.45) is 0 Å². The second-order valence-electron chi connectivity index (χ2n) is 10.5. The highest BCUT2D eigenvalue weighted by Crippen LogP contribution is 2.39. The molecule has 1 fully saturated rings. The molecule has 0 spiro atoms. The molecule has 1 heterocycles. The summed E-state index contributed by atoms with van der Waals surface area (Å²) in [4.78, 5) is 14.0. The van der Waals surface area contributed by atoms with Crippen molar-refractivity contribution < 1.29 is 32.2 Å². The Balaban J connectivity index is 1.74. The average molecular weight is 542 g/mol. The molecule has 1 unspecified atom stereocenters. The van der Waals surface area contributed by atoms with Gasteiger partial charge in [-0.3, -0.25) is 9.69 Å². The number of halogens is 4. The Morgan fingerprint density at radius 2 is 1.92 bits per heavy atom. The second-order valence-corrected chi connectivity index (χ2v) is 10.9. The molecule has 9 heteroatoms. The minimum absolute atomic E-state index is 0.0439. The molecule has 0 N–H and O–H groups in total. The molecule has 2 aromatic carbocycles. The molecule has 1 atom stereocenters. The Hall–Kier alpha value is -2.29. The first-order chi connectivity index (χ1) is 17.2. The van der Waals surface area contributed by atoms with Gasteiger partial charge in [-0.15, -0.1) is 0 Å². The van der Waals surface area contributed by atoms with Crippen molar-refractivity contribution in [1.29, 1.82) is 0 Å². The Morgan fingerprint density at radius 3 is 2.57 bits per heavy atom. The maximum Gasteiger partial charge on any atom is 0.416 e. The fourth-order valence-electron chi connectivity index (χ4n) is 4.31. The number of ether oxygens (including phenoxy) is 3. The standard InChI is InChI=1S/C28H35ClF3NO4/c1-18(2)20-7-6-8-24(29)22(20)17-36-19-9-10-21(23(15-19)28(30,31)32)25-16-33(13-14-35-25)12-11-26(34)37-27(3,4)5/h6-10,15,18,25H,11-14,16-17H2,1-5H3. The van der Waals surface area contributed by atoms with Crippen LogP contribution in [0.25, 0.3) is 0 Å². The van der Waals surface area contributed by atoms with Crippen molar-refractivity contribution in [3.05, 3.63) is 63.7 Å². The summed E-state index contributed by atoms with van der Waals surface area (Å²) >= 11 is 6.35. The number of nitrogens with zero attached hydrogens (tertiary/aromatic N) is 1. The van der Waals surface area contributed by atoms with Gasteiger partial charge in [-0.1, -0.05) is 43.6 Å². The number of hydrogen-bond acceptors (Lipinski definition) is 5. The summed E-state index contributed by atoms with van der Waals surface area (Å²) < 4.78 is 59.1. The largest absolute Gasteiger partial charge is 0.489 e. The zero-order valence-electron chi connectivity index (χ0n) is 22.0. The zero-order chi connectivity index (χ0) is 27.4. The maximum absolute atomic E-state index is 14.1. The van der Waals surface area contributed by atoms with Gasteiger partial charge in [0.15, 0.2) is 0 Å². The van der Waals surface area contributed by atoms with Crippen LogP contribution in [0, 0.1) is 0 Å². The zero-order valence-corrected chi connectivity index (χ0v) is 22.7. The molecule has 1 aliphatic heterocycles. The van der Waals surface area contributed by atoms with Crippen LogP contribution in [-0.2, 0) is 27.1 Å². The molecule has 37 heavy (non-hydrogen) atoms. The second kappa shape index (κ2) is 12.0. The number of esters is 1. The summed E-state index contributed by atoms with van der Waals surface area (Å²) in [6, 6.07) is 9.48. The van der Waals surface area contributed by atoms with Crippen molar-refractivity contribution in [1.82, 2.24) is 4.90 Å². The van der Waals surface area contributed by atoms with Crippen LogP contribution in [0.15, 0.2) is 36.4 Å². The van der Waals surface area contributed by atoms with Gasteiger partial charge in [0.2, 0.25) is 0 Å². The normalized spacial score (nSPS) is 17.2. The van der Waals surface area contributed by atoms with E-state index >= 15 is 0 Å². The van der Waals surface area contributed by atoms with E-state index in [-0.39, 0.29) is 49.4 Å². The maximum atomic E-state index is 14.1. The summed E-state index contributed by atoms with van der Waals surface area (Å²) in [6.07, 6.45) is -5.22. The average Bonchev–Trinajstić information content (AvgIpc) is 2.80. The number of carbonyl (C=O) groups is 1. The molecule has 0 amide bonds. The lowest BCUT2D eigenvalue weighted by Gasteiger charge is -2.34. The smallest absolute Gasteiger partial charge is 0.416 e. The lowest BCUT2D eigenvalue weighted by atomic mass is 9.97. The fourth-order valence-corrected chi connectivity index (χ4v) is 4.55. The summed E-state index contributed by atoms with van der Waals surface area (Å²) in [5.74, 6) is -0.0532. The first-order valence-corrected chi connectivity index (χ1v) is 12.8. The number of alkyl halides is 3. The highest BCUT2D eigenvalue weighted by atomic mass is 35.5. The van der Waals surface area contributed by atoms with Crippen molar-refractivity contribution in [2.75, 3.05) is 26.2 Å². The minimum atomic E-state index is -4.59. The van der Waals surface area contributed by atoms with Gasteiger partial charge in [0.1, 0.15) is 18.0 Å². The third kappa shape index (κ3) is 8.35. The third-order valence-electron chi connectivity index (χ3n) is 6.04. The van der Waals surface area contributed by atoms with Gasteiger partial charge in [0.05, 0.1) is 24.7 Å². The molecule has 3 rings (SSSR count). The topological polar surface area (TPSA) is 48.0 Å². The van der Waals surface area contributed by atoms with Gasteiger partial charge in [0, 0.05) is 30.2 Å². The summed E-state index contributed by atoms with van der Waals surface area (Å²) in [7, 11) is 0. The van der Waals surface area contributed by atoms with E-state index in [9.17, 15) is 18.0 Å². The van der Waals surface area contributed by atoms with Crippen molar-refractivity contribution in [3.8, 4) is 5.75 Å². The summed E-state index contributed by atoms with van der Waals surface area (Å²) in [6.45, 7) is 10.9. The molecule has 1 aliphatic rings. The highest BCUT2D eigenvalue weighted by molar-refractivity contribution is 6.31. The molecular formula is C28H35ClF3NO4. The molecule has 1 saturated heterocycles. The van der Waals surface area contributed by atoms with E-state index in [0.717, 1.165) is 17.2 Å². The number of carbonyl (C=O) groups excluding carboxylic acids is 1. The SMILES string of the molecule is CC(C)c1cccc(Cl)c1COc1ccc(C2CN(CCC(=O)OC(C)(C)C)CCO2)c(C(F)(F)F)c1. The molecule has 0 bridgehead atoms. The van der Waals surface area contributed by atoms with Gasteiger partial charge in [-0.2, -0.15) is 13.2 Å². The predicted molar refractivity (Wildman–Crippen MR) is 137 cm³/mol. The highest BCUT2D eigenvalue weighted by Gasteiger charge is 2.37. The van der Waals surface area contributed by atoms with Crippen LogP contribution in [0.4, 0.5) is 13.2 Å². The Bertz CT molecular complexity index is 1080. The van der Waals surface area contributed by atoms with Crippen LogP contribution < -0.4 is 4.74 Å². The van der Waals surface area contributed by atoms with E-state index < -0.39 is 23.4 Å². The number of benzene rings is 2. The summed E-state index contributed by atoms with van der Waals surface area (Å²) in [5.41, 5.74) is 0.406. The molecule has 0 aliphatic carbocycles. The number of rotatable bonds is 8. The molecule has 0 radical (unpaired) electrons. The van der Waals surface area contributed by atoms with E-state index in [0.29, 0.717) is 18.1 Å². The summed E-state index contributed by atoms with van der Waals surface area (Å²) in [5, 5.41) is 0.515. The van der Waals surface area contributed by atoms with Crippen molar-refractivity contribution in [3.63, 3.8) is 0 Å². The van der Waals surface area contributed by atoms with Crippen LogP contribution in [-0.4, -0.2) is 42.7 Å². The van der Waals surface area contributed by atoms with Crippen molar-refractivity contribution >= 4 is 17.6 Å². The molecular weight excluding hydrogens is 507 g/mol. The van der Waals surface area contributed by atoms with Crippen molar-refractivity contribution in [2.45, 2.75) is 71.4 Å². The van der Waals surface area contributed by atoms with E-state index in [1.54, 1.807) is 26.8 Å².